The summed E-state index contributed by atoms with van der Waals surface area (Å²) in [6, 6.07) is 6.94. The number of ketones is 1. The van der Waals surface area contributed by atoms with Gasteiger partial charge >= 0.3 is 5.97 Å². The number of benzene rings is 1. The Balaban J connectivity index is 2.50. The Bertz CT molecular complexity index is 691. The molecule has 0 unspecified atom stereocenters. The number of carbonyl (C=O) groups is 2. The molecule has 0 fully saturated rings. The molecule has 2 aromatic rings. The van der Waals surface area contributed by atoms with Crippen LogP contribution in [0.1, 0.15) is 57.6 Å². The molecule has 1 heterocycles. The molecule has 1 N–H and O–H groups in total. The molecule has 0 radical (unpaired) electrons. The van der Waals surface area contributed by atoms with Gasteiger partial charge in [0, 0.05) is 17.7 Å². The molecule has 5 heteroatoms. The van der Waals surface area contributed by atoms with E-state index in [4.69, 9.17) is 0 Å². The minimum Gasteiger partial charge on any atom is -0.476 e. The lowest BCUT2D eigenvalue weighted by molar-refractivity contribution is 0.0685. The van der Waals surface area contributed by atoms with Crippen molar-refractivity contribution in [2.45, 2.75) is 26.7 Å². The zero-order valence-corrected chi connectivity index (χ0v) is 12.1. The summed E-state index contributed by atoms with van der Waals surface area (Å²) in [5, 5.41) is 9.27. The molecule has 5 nitrogen and oxygen atoms in total. The molecular formula is C16H16N2O3. The van der Waals surface area contributed by atoms with Crippen molar-refractivity contribution in [2.24, 2.45) is 0 Å². The van der Waals surface area contributed by atoms with Crippen molar-refractivity contribution < 1.29 is 14.7 Å². The first-order valence-corrected chi connectivity index (χ1v) is 6.61. The third-order valence-corrected chi connectivity index (χ3v) is 3.08. The van der Waals surface area contributed by atoms with E-state index in [9.17, 15) is 14.7 Å². The molecule has 2 rings (SSSR count). The van der Waals surface area contributed by atoms with Crippen LogP contribution >= 0.6 is 0 Å². The van der Waals surface area contributed by atoms with Crippen molar-refractivity contribution in [3.8, 4) is 0 Å². The summed E-state index contributed by atoms with van der Waals surface area (Å²) in [5.41, 5.74) is 1.20. The highest BCUT2D eigenvalue weighted by molar-refractivity contribution is 6.13. The monoisotopic (exact) mass is 284 g/mol. The van der Waals surface area contributed by atoms with E-state index in [0.717, 1.165) is 5.56 Å². The van der Waals surface area contributed by atoms with E-state index in [2.05, 4.69) is 9.97 Å². The van der Waals surface area contributed by atoms with E-state index >= 15 is 0 Å². The van der Waals surface area contributed by atoms with Crippen LogP contribution in [0.5, 0.6) is 0 Å². The zero-order chi connectivity index (χ0) is 15.6. The van der Waals surface area contributed by atoms with Crippen molar-refractivity contribution in [2.75, 3.05) is 0 Å². The van der Waals surface area contributed by atoms with Gasteiger partial charge in [0.2, 0.25) is 0 Å². The maximum Gasteiger partial charge on any atom is 0.355 e. The van der Waals surface area contributed by atoms with Crippen LogP contribution in [0, 0.1) is 6.92 Å². The first-order chi connectivity index (χ1) is 9.90. The molecule has 1 aromatic heterocycles. The highest BCUT2D eigenvalue weighted by Crippen LogP contribution is 2.16. The Hall–Kier alpha value is -2.56. The molecule has 0 amide bonds. The number of rotatable bonds is 4. The van der Waals surface area contributed by atoms with Crippen molar-refractivity contribution in [1.29, 1.82) is 0 Å². The Kier molecular flexibility index (Phi) is 4.12. The average molecular weight is 284 g/mol. The Labute approximate surface area is 122 Å². The largest absolute Gasteiger partial charge is 0.476 e. The fraction of sp³-hybridized carbons (Fsp3) is 0.250. The molecule has 0 bridgehead atoms. The van der Waals surface area contributed by atoms with Crippen LogP contribution in [0.2, 0.25) is 0 Å². The number of aryl methyl sites for hydroxylation is 1. The summed E-state index contributed by atoms with van der Waals surface area (Å²) in [4.78, 5) is 31.9. The molecule has 0 saturated carbocycles. The molecule has 0 aliphatic rings. The lowest BCUT2D eigenvalue weighted by Crippen LogP contribution is -2.15. The fourth-order valence-electron chi connectivity index (χ4n) is 1.86. The molecule has 0 aliphatic carbocycles. The van der Waals surface area contributed by atoms with Gasteiger partial charge in [-0.3, -0.25) is 4.79 Å². The van der Waals surface area contributed by atoms with Crippen LogP contribution in [0.3, 0.4) is 0 Å². The zero-order valence-electron chi connectivity index (χ0n) is 12.1. The van der Waals surface area contributed by atoms with Crippen molar-refractivity contribution in [1.82, 2.24) is 9.97 Å². The third kappa shape index (κ3) is 3.13. The van der Waals surface area contributed by atoms with Crippen LogP contribution < -0.4 is 0 Å². The Morgan fingerprint density at radius 2 is 1.76 bits per heavy atom. The quantitative estimate of drug-likeness (QED) is 0.873. The molecular weight excluding hydrogens is 268 g/mol. The summed E-state index contributed by atoms with van der Waals surface area (Å²) in [6.07, 6.45) is 1.30. The van der Waals surface area contributed by atoms with E-state index in [1.165, 1.54) is 6.20 Å². The van der Waals surface area contributed by atoms with Gasteiger partial charge in [0.25, 0.3) is 0 Å². The minimum absolute atomic E-state index is 0.00775. The van der Waals surface area contributed by atoms with Crippen LogP contribution in [-0.4, -0.2) is 26.8 Å². The van der Waals surface area contributed by atoms with Gasteiger partial charge in [0.1, 0.15) is 5.82 Å². The molecule has 0 atom stereocenters. The van der Waals surface area contributed by atoms with Crippen LogP contribution in [0.25, 0.3) is 0 Å². The molecule has 108 valence electrons. The molecule has 1 aromatic carbocycles. The number of carboxylic acids is 1. The lowest BCUT2D eigenvalue weighted by Gasteiger charge is -2.08. The second-order valence-electron chi connectivity index (χ2n) is 5.15. The van der Waals surface area contributed by atoms with Crippen molar-refractivity contribution in [3.63, 3.8) is 0 Å². The van der Waals surface area contributed by atoms with Gasteiger partial charge in [-0.25, -0.2) is 14.8 Å². The van der Waals surface area contributed by atoms with E-state index < -0.39 is 5.97 Å². The predicted octanol–water partition coefficient (Wildman–Crippen LogP) is 2.84. The van der Waals surface area contributed by atoms with Gasteiger partial charge in [-0.15, -0.1) is 0 Å². The number of hydrogen-bond acceptors (Lipinski definition) is 4. The number of aromatic carboxylic acids is 1. The van der Waals surface area contributed by atoms with Crippen LogP contribution in [0.15, 0.2) is 30.5 Å². The van der Waals surface area contributed by atoms with Crippen molar-refractivity contribution >= 4 is 11.8 Å². The number of aromatic nitrogens is 2. The topological polar surface area (TPSA) is 80.2 Å². The van der Waals surface area contributed by atoms with Crippen LogP contribution in [-0.2, 0) is 0 Å². The van der Waals surface area contributed by atoms with Gasteiger partial charge in [0.15, 0.2) is 11.5 Å². The number of carboxylic acid groups (broad SMARTS) is 1. The van der Waals surface area contributed by atoms with Gasteiger partial charge in [0.05, 0.1) is 5.56 Å². The Morgan fingerprint density at radius 1 is 1.14 bits per heavy atom. The SMILES string of the molecule is Cc1ccc(C(=O)c2cnc(C(C)C)nc2C(=O)O)cc1. The summed E-state index contributed by atoms with van der Waals surface area (Å²) >= 11 is 0. The van der Waals surface area contributed by atoms with Gasteiger partial charge in [-0.1, -0.05) is 43.7 Å². The number of nitrogens with zero attached hydrogens (tertiary/aromatic N) is 2. The predicted molar refractivity (Wildman–Crippen MR) is 77.7 cm³/mol. The molecule has 0 saturated heterocycles. The van der Waals surface area contributed by atoms with Gasteiger partial charge < -0.3 is 5.11 Å². The standard InChI is InChI=1S/C16H16N2O3/c1-9(2)15-17-8-12(13(18-15)16(20)21)14(19)11-6-4-10(3)5-7-11/h4-9H,1-3H3,(H,20,21). The number of hydrogen-bond donors (Lipinski definition) is 1. The summed E-state index contributed by atoms with van der Waals surface area (Å²) in [5.74, 6) is -1.21. The summed E-state index contributed by atoms with van der Waals surface area (Å²) in [7, 11) is 0. The first kappa shape index (κ1) is 14.8. The van der Waals surface area contributed by atoms with Crippen LogP contribution in [0.4, 0.5) is 0 Å². The second kappa shape index (κ2) is 5.83. The second-order valence-corrected chi connectivity index (χ2v) is 5.15. The maximum absolute atomic E-state index is 12.4. The molecule has 0 aliphatic heterocycles. The fourth-order valence-corrected chi connectivity index (χ4v) is 1.86. The third-order valence-electron chi connectivity index (χ3n) is 3.08. The number of carbonyl (C=O) groups excluding carboxylic acids is 1. The molecule has 0 spiro atoms. The minimum atomic E-state index is -1.23. The lowest BCUT2D eigenvalue weighted by atomic mass is 10.0. The van der Waals surface area contributed by atoms with E-state index in [-0.39, 0.29) is 23.0 Å². The smallest absolute Gasteiger partial charge is 0.355 e. The Morgan fingerprint density at radius 3 is 2.29 bits per heavy atom. The summed E-state index contributed by atoms with van der Waals surface area (Å²) < 4.78 is 0. The first-order valence-electron chi connectivity index (χ1n) is 6.61. The summed E-state index contributed by atoms with van der Waals surface area (Å²) in [6.45, 7) is 5.64. The van der Waals surface area contributed by atoms with Gasteiger partial charge in [-0.2, -0.15) is 0 Å². The molecule has 21 heavy (non-hydrogen) atoms. The average Bonchev–Trinajstić information content (AvgIpc) is 2.46. The highest BCUT2D eigenvalue weighted by atomic mass is 16.4. The van der Waals surface area contributed by atoms with E-state index in [1.54, 1.807) is 24.3 Å². The highest BCUT2D eigenvalue weighted by Gasteiger charge is 2.21. The van der Waals surface area contributed by atoms with Gasteiger partial charge in [-0.05, 0) is 6.92 Å². The maximum atomic E-state index is 12.4. The van der Waals surface area contributed by atoms with Crippen molar-refractivity contribution in [3.05, 3.63) is 58.7 Å². The van der Waals surface area contributed by atoms with E-state index in [0.29, 0.717) is 11.4 Å². The van der Waals surface area contributed by atoms with E-state index in [1.807, 2.05) is 20.8 Å². The normalized spacial score (nSPS) is 10.7.